The van der Waals surface area contributed by atoms with Crippen LogP contribution >= 0.6 is 0 Å². The number of carbonyl (C=O) groups is 1. The third-order valence-corrected chi connectivity index (χ3v) is 1.48. The van der Waals surface area contributed by atoms with Gasteiger partial charge >= 0.3 is 5.97 Å². The van der Waals surface area contributed by atoms with Crippen LogP contribution in [0.5, 0.6) is 0 Å². The first kappa shape index (κ1) is 12.8. The molecule has 2 nitrogen and oxygen atoms in total. The van der Waals surface area contributed by atoms with Gasteiger partial charge in [0.25, 0.3) is 0 Å². The van der Waals surface area contributed by atoms with E-state index < -0.39 is 5.97 Å². The molecule has 0 aromatic rings. The fraction of sp³-hybridized carbons (Fsp3) is 0.857. The molecule has 0 saturated heterocycles. The smallest absolute Gasteiger partial charge is 0.306 e. The van der Waals surface area contributed by atoms with Crippen LogP contribution in [0.15, 0.2) is 0 Å². The van der Waals surface area contributed by atoms with E-state index in [1.54, 1.807) is 0 Å². The van der Waals surface area contributed by atoms with E-state index in [2.05, 4.69) is 0 Å². The van der Waals surface area contributed by atoms with Gasteiger partial charge in [0.2, 0.25) is 0 Å². The minimum Gasteiger partial charge on any atom is -0.481 e. The molecular weight excluding hydrogens is 224 g/mol. The quantitative estimate of drug-likeness (QED) is 0.759. The molecule has 0 aliphatic heterocycles. The van der Waals surface area contributed by atoms with Crippen molar-refractivity contribution in [1.29, 1.82) is 0 Å². The van der Waals surface area contributed by atoms with E-state index >= 15 is 0 Å². The second kappa shape index (κ2) is 7.32. The molecule has 1 radical (unpaired) electrons. The Labute approximate surface area is 77.5 Å². The Balaban J connectivity index is 0. The maximum Gasteiger partial charge on any atom is 0.306 e. The SMILES string of the molecule is CCCC(CC)C(=O)O.[Ag]. The first-order chi connectivity index (χ1) is 4.22. The monoisotopic (exact) mass is 237 g/mol. The predicted octanol–water partition coefficient (Wildman–Crippen LogP) is 1.89. The van der Waals surface area contributed by atoms with Crippen LogP contribution in [-0.4, -0.2) is 11.1 Å². The molecule has 1 unspecified atom stereocenters. The minimum absolute atomic E-state index is 0. The van der Waals surface area contributed by atoms with Crippen LogP contribution in [0.25, 0.3) is 0 Å². The van der Waals surface area contributed by atoms with Gasteiger partial charge in [0.1, 0.15) is 0 Å². The molecule has 0 aromatic carbocycles. The number of hydrogen-bond acceptors (Lipinski definition) is 1. The van der Waals surface area contributed by atoms with Crippen molar-refractivity contribution in [3.8, 4) is 0 Å². The van der Waals surface area contributed by atoms with E-state index in [-0.39, 0.29) is 28.3 Å². The molecule has 0 spiro atoms. The predicted molar refractivity (Wildman–Crippen MR) is 36.3 cm³/mol. The molecule has 0 saturated carbocycles. The molecule has 0 heterocycles. The summed E-state index contributed by atoms with van der Waals surface area (Å²) < 4.78 is 0. The van der Waals surface area contributed by atoms with Crippen LogP contribution in [0, 0.1) is 5.92 Å². The van der Waals surface area contributed by atoms with Gasteiger partial charge in [-0.2, -0.15) is 0 Å². The molecule has 0 rings (SSSR count). The fourth-order valence-electron chi connectivity index (χ4n) is 0.851. The summed E-state index contributed by atoms with van der Waals surface area (Å²) in [5.41, 5.74) is 0. The molecule has 1 atom stereocenters. The average Bonchev–Trinajstić information content (AvgIpc) is 1.82. The third kappa shape index (κ3) is 5.03. The van der Waals surface area contributed by atoms with Crippen molar-refractivity contribution in [2.24, 2.45) is 5.92 Å². The maximum absolute atomic E-state index is 10.3. The normalized spacial score (nSPS) is 11.8. The van der Waals surface area contributed by atoms with Crippen molar-refractivity contribution < 1.29 is 32.3 Å². The Morgan fingerprint density at radius 3 is 2.10 bits per heavy atom. The van der Waals surface area contributed by atoms with Gasteiger partial charge in [-0.05, 0) is 12.8 Å². The fourth-order valence-corrected chi connectivity index (χ4v) is 0.851. The number of aliphatic carboxylic acids is 1. The van der Waals surface area contributed by atoms with Crippen molar-refractivity contribution in [3.63, 3.8) is 0 Å². The van der Waals surface area contributed by atoms with Crippen LogP contribution in [-0.2, 0) is 27.2 Å². The van der Waals surface area contributed by atoms with Gasteiger partial charge in [0.15, 0.2) is 0 Å². The Morgan fingerprint density at radius 1 is 1.50 bits per heavy atom. The molecule has 3 heteroatoms. The average molecular weight is 238 g/mol. The van der Waals surface area contributed by atoms with Gasteiger partial charge < -0.3 is 5.11 Å². The largest absolute Gasteiger partial charge is 0.481 e. The van der Waals surface area contributed by atoms with E-state index in [4.69, 9.17) is 5.11 Å². The van der Waals surface area contributed by atoms with E-state index in [0.29, 0.717) is 0 Å². The topological polar surface area (TPSA) is 37.3 Å². The summed E-state index contributed by atoms with van der Waals surface area (Å²) in [6.45, 7) is 3.92. The van der Waals surface area contributed by atoms with Crippen molar-refractivity contribution in [1.82, 2.24) is 0 Å². The molecule has 0 amide bonds. The minimum atomic E-state index is -0.653. The van der Waals surface area contributed by atoms with Crippen LogP contribution in [0.3, 0.4) is 0 Å². The van der Waals surface area contributed by atoms with Crippen LogP contribution < -0.4 is 0 Å². The van der Waals surface area contributed by atoms with Crippen molar-refractivity contribution in [3.05, 3.63) is 0 Å². The van der Waals surface area contributed by atoms with Crippen LogP contribution in [0.1, 0.15) is 33.1 Å². The summed E-state index contributed by atoms with van der Waals surface area (Å²) in [5, 5.41) is 8.50. The van der Waals surface area contributed by atoms with Gasteiger partial charge in [0, 0.05) is 22.4 Å². The zero-order valence-corrected chi connectivity index (χ0v) is 7.84. The molecule has 0 aromatic heterocycles. The van der Waals surface area contributed by atoms with E-state index in [0.717, 1.165) is 19.3 Å². The van der Waals surface area contributed by atoms with Crippen molar-refractivity contribution in [2.45, 2.75) is 33.1 Å². The first-order valence-corrected chi connectivity index (χ1v) is 3.45. The Hall–Kier alpha value is 0.210. The zero-order chi connectivity index (χ0) is 7.28. The van der Waals surface area contributed by atoms with E-state index in [9.17, 15) is 4.79 Å². The molecular formula is C7H14AgO2. The van der Waals surface area contributed by atoms with Gasteiger partial charge in [-0.15, -0.1) is 0 Å². The Morgan fingerprint density at radius 2 is 2.00 bits per heavy atom. The zero-order valence-electron chi connectivity index (χ0n) is 6.36. The molecule has 0 aliphatic carbocycles. The standard InChI is InChI=1S/C7H14O2.Ag/c1-3-5-6(4-2)7(8)9;/h6H,3-5H2,1-2H3,(H,8,9);. The van der Waals surface area contributed by atoms with Crippen molar-refractivity contribution in [2.75, 3.05) is 0 Å². The van der Waals surface area contributed by atoms with Gasteiger partial charge in [-0.3, -0.25) is 4.79 Å². The molecule has 10 heavy (non-hydrogen) atoms. The summed E-state index contributed by atoms with van der Waals surface area (Å²) >= 11 is 0. The first-order valence-electron chi connectivity index (χ1n) is 3.45. The number of carboxylic acid groups (broad SMARTS) is 1. The second-order valence-corrected chi connectivity index (χ2v) is 2.23. The number of carboxylic acids is 1. The summed E-state index contributed by atoms with van der Waals surface area (Å²) in [7, 11) is 0. The summed E-state index contributed by atoms with van der Waals surface area (Å²) in [6, 6.07) is 0. The van der Waals surface area contributed by atoms with Gasteiger partial charge in [0.05, 0.1) is 5.92 Å². The molecule has 0 bridgehead atoms. The third-order valence-electron chi connectivity index (χ3n) is 1.48. The second-order valence-electron chi connectivity index (χ2n) is 2.23. The summed E-state index contributed by atoms with van der Waals surface area (Å²) in [5.74, 6) is -0.769. The molecule has 1 N–H and O–H groups in total. The number of hydrogen-bond donors (Lipinski definition) is 1. The summed E-state index contributed by atoms with van der Waals surface area (Å²) in [4.78, 5) is 10.3. The molecule has 0 fully saturated rings. The Bertz CT molecular complexity index is 93.6. The maximum atomic E-state index is 10.3. The van der Waals surface area contributed by atoms with Crippen LogP contribution in [0.2, 0.25) is 0 Å². The summed E-state index contributed by atoms with van der Waals surface area (Å²) in [6.07, 6.45) is 2.53. The molecule has 65 valence electrons. The van der Waals surface area contributed by atoms with Gasteiger partial charge in [-0.25, -0.2) is 0 Å². The van der Waals surface area contributed by atoms with E-state index in [1.807, 2.05) is 13.8 Å². The van der Waals surface area contributed by atoms with Crippen LogP contribution in [0.4, 0.5) is 0 Å². The Kier molecular flexibility index (Phi) is 9.40. The van der Waals surface area contributed by atoms with Gasteiger partial charge in [-0.1, -0.05) is 20.3 Å². The van der Waals surface area contributed by atoms with Crippen molar-refractivity contribution >= 4 is 5.97 Å². The van der Waals surface area contributed by atoms with E-state index in [1.165, 1.54) is 0 Å². The number of rotatable bonds is 4. The molecule has 0 aliphatic rings.